The predicted molar refractivity (Wildman–Crippen MR) is 92.6 cm³/mol. The molecule has 1 aromatic heterocycles. The molecule has 2 aromatic carbocycles. The Balaban J connectivity index is 1.69. The van der Waals surface area contributed by atoms with Gasteiger partial charge in [0.25, 0.3) is 0 Å². The molecule has 0 radical (unpaired) electrons. The zero-order chi connectivity index (χ0) is 17.8. The fraction of sp³-hybridized carbons (Fsp3) is 0.211. The molecule has 3 aromatic rings. The first-order valence-corrected chi connectivity index (χ1v) is 7.99. The number of rotatable bonds is 5. The fourth-order valence-electron chi connectivity index (χ4n) is 2.63. The van der Waals surface area contributed by atoms with Gasteiger partial charge in [-0.15, -0.1) is 0 Å². The van der Waals surface area contributed by atoms with E-state index < -0.39 is 0 Å². The first-order valence-electron chi connectivity index (χ1n) is 7.99. The van der Waals surface area contributed by atoms with E-state index in [1.165, 1.54) is 18.5 Å². The van der Waals surface area contributed by atoms with E-state index in [0.29, 0.717) is 5.56 Å². The van der Waals surface area contributed by atoms with Crippen LogP contribution in [0.1, 0.15) is 24.1 Å². The largest absolute Gasteiger partial charge is 0.339 e. The molecule has 0 aliphatic carbocycles. The molecule has 0 saturated heterocycles. The Morgan fingerprint density at radius 2 is 2.00 bits per heavy atom. The molecular formula is C19H19FN4O. The summed E-state index contributed by atoms with van der Waals surface area (Å²) >= 11 is 0. The highest BCUT2D eigenvalue weighted by atomic mass is 19.1. The summed E-state index contributed by atoms with van der Waals surface area (Å²) in [5.74, 6) is -0.386. The second kappa shape index (κ2) is 7.25. The number of hydrogen-bond donors (Lipinski definition) is 0. The third-order valence-corrected chi connectivity index (χ3v) is 4.28. The molecule has 1 heterocycles. The van der Waals surface area contributed by atoms with Gasteiger partial charge in [0.05, 0.1) is 18.2 Å². The molecule has 5 nitrogen and oxygen atoms in total. The molecule has 0 aliphatic rings. The molecule has 0 spiro atoms. The lowest BCUT2D eigenvalue weighted by Gasteiger charge is -2.25. The number of hydrogen-bond acceptors (Lipinski definition) is 3. The van der Waals surface area contributed by atoms with Crippen LogP contribution in [0.25, 0.3) is 5.69 Å². The summed E-state index contributed by atoms with van der Waals surface area (Å²) < 4.78 is 14.9. The van der Waals surface area contributed by atoms with Crippen molar-refractivity contribution in [3.8, 4) is 5.69 Å². The summed E-state index contributed by atoms with van der Waals surface area (Å²) in [5.41, 5.74) is 2.59. The van der Waals surface area contributed by atoms with Gasteiger partial charge < -0.3 is 4.90 Å². The topological polar surface area (TPSA) is 51.0 Å². The van der Waals surface area contributed by atoms with Crippen LogP contribution in [-0.2, 0) is 11.2 Å². The lowest BCUT2D eigenvalue weighted by Crippen LogP contribution is -2.31. The predicted octanol–water partition coefficient (Wildman–Crippen LogP) is 3.17. The van der Waals surface area contributed by atoms with Crippen LogP contribution < -0.4 is 0 Å². The average Bonchev–Trinajstić information content (AvgIpc) is 3.15. The van der Waals surface area contributed by atoms with Crippen LogP contribution in [0.3, 0.4) is 0 Å². The fourth-order valence-corrected chi connectivity index (χ4v) is 2.63. The van der Waals surface area contributed by atoms with Crippen LogP contribution in [-0.4, -0.2) is 32.6 Å². The van der Waals surface area contributed by atoms with Crippen molar-refractivity contribution in [2.75, 3.05) is 7.05 Å². The Labute approximate surface area is 145 Å². The summed E-state index contributed by atoms with van der Waals surface area (Å²) in [6.45, 7) is 1.97. The highest BCUT2D eigenvalue weighted by molar-refractivity contribution is 5.79. The number of halogens is 1. The van der Waals surface area contributed by atoms with E-state index in [4.69, 9.17) is 0 Å². The van der Waals surface area contributed by atoms with Crippen molar-refractivity contribution in [2.45, 2.75) is 19.4 Å². The van der Waals surface area contributed by atoms with Crippen molar-refractivity contribution < 1.29 is 9.18 Å². The van der Waals surface area contributed by atoms with Crippen molar-refractivity contribution in [1.29, 1.82) is 0 Å². The third-order valence-electron chi connectivity index (χ3n) is 4.28. The van der Waals surface area contributed by atoms with Crippen LogP contribution >= 0.6 is 0 Å². The number of aromatic nitrogens is 3. The van der Waals surface area contributed by atoms with Gasteiger partial charge >= 0.3 is 0 Å². The van der Waals surface area contributed by atoms with E-state index in [-0.39, 0.29) is 24.2 Å². The van der Waals surface area contributed by atoms with Gasteiger partial charge in [-0.05, 0) is 42.3 Å². The number of amides is 1. The highest BCUT2D eigenvalue weighted by Crippen LogP contribution is 2.21. The van der Waals surface area contributed by atoms with Crippen molar-refractivity contribution in [3.63, 3.8) is 0 Å². The van der Waals surface area contributed by atoms with E-state index in [1.54, 1.807) is 35.1 Å². The molecule has 1 atom stereocenters. The van der Waals surface area contributed by atoms with Gasteiger partial charge in [0, 0.05) is 7.05 Å². The van der Waals surface area contributed by atoms with E-state index in [0.717, 1.165) is 11.3 Å². The summed E-state index contributed by atoms with van der Waals surface area (Å²) in [7, 11) is 1.76. The minimum atomic E-state index is -0.329. The van der Waals surface area contributed by atoms with Crippen molar-refractivity contribution in [3.05, 3.63) is 78.1 Å². The normalized spacial score (nSPS) is 12.0. The van der Waals surface area contributed by atoms with Crippen LogP contribution in [0.2, 0.25) is 0 Å². The van der Waals surface area contributed by atoms with Gasteiger partial charge in [-0.1, -0.05) is 24.3 Å². The Morgan fingerprint density at radius 1 is 1.24 bits per heavy atom. The maximum Gasteiger partial charge on any atom is 0.227 e. The third kappa shape index (κ3) is 3.91. The zero-order valence-corrected chi connectivity index (χ0v) is 14.1. The van der Waals surface area contributed by atoms with E-state index in [9.17, 15) is 9.18 Å². The smallest absolute Gasteiger partial charge is 0.227 e. The van der Waals surface area contributed by atoms with E-state index >= 15 is 0 Å². The lowest BCUT2D eigenvalue weighted by molar-refractivity contribution is -0.131. The van der Waals surface area contributed by atoms with Gasteiger partial charge in [0.1, 0.15) is 18.5 Å². The van der Waals surface area contributed by atoms with E-state index in [1.807, 2.05) is 31.2 Å². The molecule has 3 rings (SSSR count). The lowest BCUT2D eigenvalue weighted by atomic mass is 10.1. The van der Waals surface area contributed by atoms with Crippen molar-refractivity contribution in [2.24, 2.45) is 0 Å². The molecule has 0 saturated carbocycles. The summed E-state index contributed by atoms with van der Waals surface area (Å²) in [5, 5.41) is 4.09. The molecular weight excluding hydrogens is 319 g/mol. The van der Waals surface area contributed by atoms with Crippen molar-refractivity contribution in [1.82, 2.24) is 19.7 Å². The maximum atomic E-state index is 13.3. The van der Waals surface area contributed by atoms with Crippen LogP contribution in [0.4, 0.5) is 4.39 Å². The number of carbonyl (C=O) groups excluding carboxylic acids is 1. The Hall–Kier alpha value is -3.02. The minimum absolute atomic E-state index is 0.0570. The quantitative estimate of drug-likeness (QED) is 0.718. The SMILES string of the molecule is C[C@@H](c1ccc(-n2cncn2)cc1)N(C)C(=O)Cc1cccc(F)c1. The second-order valence-electron chi connectivity index (χ2n) is 5.92. The Bertz CT molecular complexity index is 846. The zero-order valence-electron chi connectivity index (χ0n) is 14.1. The molecule has 25 heavy (non-hydrogen) atoms. The average molecular weight is 338 g/mol. The second-order valence-corrected chi connectivity index (χ2v) is 5.92. The summed E-state index contributed by atoms with van der Waals surface area (Å²) in [6.07, 6.45) is 3.29. The van der Waals surface area contributed by atoms with E-state index in [2.05, 4.69) is 10.1 Å². The highest BCUT2D eigenvalue weighted by Gasteiger charge is 2.18. The molecule has 1 amide bonds. The minimum Gasteiger partial charge on any atom is -0.339 e. The molecule has 0 fully saturated rings. The first-order chi connectivity index (χ1) is 12.0. The van der Waals surface area contributed by atoms with Crippen LogP contribution in [0.15, 0.2) is 61.2 Å². The Kier molecular flexibility index (Phi) is 4.88. The van der Waals surface area contributed by atoms with Gasteiger partial charge in [-0.25, -0.2) is 14.1 Å². The number of benzene rings is 2. The molecule has 128 valence electrons. The first kappa shape index (κ1) is 16.8. The molecule has 0 N–H and O–H groups in total. The number of likely N-dealkylation sites (N-methyl/N-ethyl adjacent to an activating group) is 1. The number of nitrogens with zero attached hydrogens (tertiary/aromatic N) is 4. The van der Waals surface area contributed by atoms with Crippen molar-refractivity contribution >= 4 is 5.91 Å². The summed E-state index contributed by atoms with van der Waals surface area (Å²) in [4.78, 5) is 18.1. The maximum absolute atomic E-state index is 13.3. The number of carbonyl (C=O) groups is 1. The standard InChI is InChI=1S/C19H19FN4O/c1-14(16-6-8-18(9-7-16)24-13-21-12-22-24)23(2)19(25)11-15-4-3-5-17(20)10-15/h3-10,12-14H,11H2,1-2H3/t14-/m0/s1. The van der Waals surface area contributed by atoms with Gasteiger partial charge in [0.2, 0.25) is 5.91 Å². The Morgan fingerprint density at radius 3 is 2.64 bits per heavy atom. The molecule has 0 aliphatic heterocycles. The summed E-state index contributed by atoms with van der Waals surface area (Å²) in [6, 6.07) is 13.8. The monoisotopic (exact) mass is 338 g/mol. The van der Waals surface area contributed by atoms with Gasteiger partial charge in [0.15, 0.2) is 0 Å². The van der Waals surface area contributed by atoms with Gasteiger partial charge in [-0.3, -0.25) is 4.79 Å². The molecule has 6 heteroatoms. The molecule has 0 unspecified atom stereocenters. The molecule has 0 bridgehead atoms. The van der Waals surface area contributed by atoms with Gasteiger partial charge in [-0.2, -0.15) is 5.10 Å². The van der Waals surface area contributed by atoms with Crippen LogP contribution in [0, 0.1) is 5.82 Å². The van der Waals surface area contributed by atoms with Crippen LogP contribution in [0.5, 0.6) is 0 Å².